The summed E-state index contributed by atoms with van der Waals surface area (Å²) in [5.74, 6) is 0.443. The van der Waals surface area contributed by atoms with Crippen molar-refractivity contribution in [3.63, 3.8) is 0 Å². The molecule has 0 aliphatic heterocycles. The minimum atomic E-state index is -0.178. The van der Waals surface area contributed by atoms with Crippen molar-refractivity contribution in [2.75, 3.05) is 11.9 Å². The summed E-state index contributed by atoms with van der Waals surface area (Å²) >= 11 is 1.42. The molecule has 1 atom stereocenters. The predicted octanol–water partition coefficient (Wildman–Crippen LogP) is 5.65. The number of nitrogens with zero attached hydrogens (tertiary/aromatic N) is 1. The van der Waals surface area contributed by atoms with Crippen LogP contribution in [0.1, 0.15) is 49.3 Å². The van der Waals surface area contributed by atoms with Crippen molar-refractivity contribution in [1.82, 2.24) is 4.98 Å². The molecule has 0 radical (unpaired) electrons. The Hall–Kier alpha value is -2.50. The Balaban J connectivity index is 1.53. The van der Waals surface area contributed by atoms with E-state index in [0.717, 1.165) is 23.2 Å². The van der Waals surface area contributed by atoms with Crippen LogP contribution in [0.3, 0.4) is 0 Å². The molecular weight excluding hydrogens is 392 g/mol. The second kappa shape index (κ2) is 10.0. The molecule has 2 aromatic carbocycles. The van der Waals surface area contributed by atoms with Gasteiger partial charge >= 0.3 is 0 Å². The van der Waals surface area contributed by atoms with Crippen LogP contribution in [-0.2, 0) is 11.2 Å². The standard InChI is InChI=1S/C25H28N2O2S/c28-15-14-22-17-30-25(26-22)27-24(29)23(16-18-6-4-5-7-18)21-12-10-20(11-13-21)19-8-2-1-3-9-19/h1-3,8-13,17-18,23,28H,4-7,14-16H2,(H,26,27,29). The fraction of sp³-hybridized carbons (Fsp3) is 0.360. The van der Waals surface area contributed by atoms with Crippen LogP contribution < -0.4 is 5.32 Å². The molecule has 1 heterocycles. The van der Waals surface area contributed by atoms with Crippen LogP contribution in [0.5, 0.6) is 0 Å². The highest BCUT2D eigenvalue weighted by molar-refractivity contribution is 7.13. The molecule has 4 rings (SSSR count). The first kappa shape index (κ1) is 20.8. The minimum Gasteiger partial charge on any atom is -0.396 e. The molecule has 2 N–H and O–H groups in total. The Morgan fingerprint density at radius 1 is 1.07 bits per heavy atom. The number of benzene rings is 2. The van der Waals surface area contributed by atoms with Crippen molar-refractivity contribution < 1.29 is 9.90 Å². The van der Waals surface area contributed by atoms with Crippen molar-refractivity contribution in [2.24, 2.45) is 5.92 Å². The van der Waals surface area contributed by atoms with Crippen LogP contribution in [0.4, 0.5) is 5.13 Å². The first-order chi connectivity index (χ1) is 14.7. The smallest absolute Gasteiger partial charge is 0.233 e. The molecule has 1 aromatic heterocycles. The average molecular weight is 421 g/mol. The third kappa shape index (κ3) is 5.15. The molecule has 1 saturated carbocycles. The molecule has 1 unspecified atom stereocenters. The molecule has 0 saturated heterocycles. The molecule has 0 spiro atoms. The Kier molecular flexibility index (Phi) is 6.92. The van der Waals surface area contributed by atoms with E-state index in [9.17, 15) is 4.79 Å². The number of anilines is 1. The summed E-state index contributed by atoms with van der Waals surface area (Å²) in [4.78, 5) is 17.7. The maximum absolute atomic E-state index is 13.2. The van der Waals surface area contributed by atoms with Crippen LogP contribution in [0.15, 0.2) is 60.0 Å². The first-order valence-electron chi connectivity index (χ1n) is 10.7. The normalized spacial score (nSPS) is 15.2. The lowest BCUT2D eigenvalue weighted by atomic mass is 9.86. The summed E-state index contributed by atoms with van der Waals surface area (Å²) < 4.78 is 0. The molecular formula is C25H28N2O2S. The van der Waals surface area contributed by atoms with E-state index in [4.69, 9.17) is 5.11 Å². The van der Waals surface area contributed by atoms with Crippen molar-refractivity contribution >= 4 is 22.4 Å². The Labute approximate surface area is 182 Å². The first-order valence-corrected chi connectivity index (χ1v) is 11.6. The number of amides is 1. The quantitative estimate of drug-likeness (QED) is 0.495. The van der Waals surface area contributed by atoms with E-state index in [0.29, 0.717) is 17.5 Å². The van der Waals surface area contributed by atoms with Gasteiger partial charge in [-0.15, -0.1) is 11.3 Å². The zero-order valence-corrected chi connectivity index (χ0v) is 17.9. The van der Waals surface area contributed by atoms with Crippen molar-refractivity contribution in [2.45, 2.75) is 44.4 Å². The SMILES string of the molecule is O=C(Nc1nc(CCO)cs1)C(CC1CCCC1)c1ccc(-c2ccccc2)cc1. The number of thiazole rings is 1. The summed E-state index contributed by atoms with van der Waals surface area (Å²) in [6.07, 6.45) is 6.35. The summed E-state index contributed by atoms with van der Waals surface area (Å²) in [7, 11) is 0. The zero-order valence-electron chi connectivity index (χ0n) is 17.1. The lowest BCUT2D eigenvalue weighted by Crippen LogP contribution is -2.23. The van der Waals surface area contributed by atoms with E-state index >= 15 is 0 Å². The van der Waals surface area contributed by atoms with E-state index in [1.165, 1.54) is 42.6 Å². The predicted molar refractivity (Wildman–Crippen MR) is 123 cm³/mol. The van der Waals surface area contributed by atoms with E-state index < -0.39 is 0 Å². The minimum absolute atomic E-state index is 0.0132. The van der Waals surface area contributed by atoms with Gasteiger partial charge < -0.3 is 10.4 Å². The van der Waals surface area contributed by atoms with Crippen molar-refractivity contribution in [3.8, 4) is 11.1 Å². The van der Waals surface area contributed by atoms with E-state index in [1.807, 2.05) is 23.6 Å². The number of aromatic nitrogens is 1. The topological polar surface area (TPSA) is 62.2 Å². The third-order valence-electron chi connectivity index (χ3n) is 5.93. The molecule has 3 aromatic rings. The van der Waals surface area contributed by atoms with E-state index in [1.54, 1.807) is 0 Å². The molecule has 1 amide bonds. The number of carbonyl (C=O) groups is 1. The summed E-state index contributed by atoms with van der Waals surface area (Å²) in [5, 5.41) is 14.6. The lowest BCUT2D eigenvalue weighted by molar-refractivity contribution is -0.118. The van der Waals surface area contributed by atoms with Crippen LogP contribution in [0.25, 0.3) is 11.1 Å². The maximum Gasteiger partial charge on any atom is 0.233 e. The fourth-order valence-electron chi connectivity index (χ4n) is 4.30. The van der Waals surface area contributed by atoms with E-state index in [-0.39, 0.29) is 18.4 Å². The Bertz CT molecular complexity index is 947. The van der Waals surface area contributed by atoms with Gasteiger partial charge in [-0.25, -0.2) is 4.98 Å². The second-order valence-corrected chi connectivity index (χ2v) is 8.89. The van der Waals surface area contributed by atoms with Crippen LogP contribution >= 0.6 is 11.3 Å². The van der Waals surface area contributed by atoms with Gasteiger partial charge in [-0.05, 0) is 29.0 Å². The molecule has 0 bridgehead atoms. The molecule has 5 heteroatoms. The monoisotopic (exact) mass is 420 g/mol. The number of aliphatic hydroxyl groups is 1. The highest BCUT2D eigenvalue weighted by atomic mass is 32.1. The van der Waals surface area contributed by atoms with E-state index in [2.05, 4.69) is 46.7 Å². The molecule has 1 aliphatic carbocycles. The molecule has 30 heavy (non-hydrogen) atoms. The molecule has 1 fully saturated rings. The summed E-state index contributed by atoms with van der Waals surface area (Å²) in [6.45, 7) is 0.0647. The van der Waals surface area contributed by atoms with Gasteiger partial charge in [0.25, 0.3) is 0 Å². The van der Waals surface area contributed by atoms with Gasteiger partial charge in [-0.3, -0.25) is 4.79 Å². The van der Waals surface area contributed by atoms with Gasteiger partial charge in [0.15, 0.2) is 5.13 Å². The summed E-state index contributed by atoms with van der Waals surface area (Å²) in [6, 6.07) is 18.7. The second-order valence-electron chi connectivity index (χ2n) is 8.03. The van der Waals surface area contributed by atoms with Gasteiger partial charge in [-0.1, -0.05) is 80.3 Å². The number of aliphatic hydroxyl groups excluding tert-OH is 1. The number of nitrogens with one attached hydrogen (secondary N) is 1. The Morgan fingerprint density at radius 2 is 1.77 bits per heavy atom. The molecule has 156 valence electrons. The fourth-order valence-corrected chi connectivity index (χ4v) is 5.05. The third-order valence-corrected chi connectivity index (χ3v) is 6.74. The summed E-state index contributed by atoms with van der Waals surface area (Å²) in [5.41, 5.74) is 4.22. The lowest BCUT2D eigenvalue weighted by Gasteiger charge is -2.20. The average Bonchev–Trinajstić information content (AvgIpc) is 3.45. The number of hydrogen-bond acceptors (Lipinski definition) is 4. The Morgan fingerprint density at radius 3 is 2.47 bits per heavy atom. The zero-order chi connectivity index (χ0) is 20.8. The highest BCUT2D eigenvalue weighted by Crippen LogP contribution is 2.35. The number of rotatable bonds is 8. The van der Waals surface area contributed by atoms with Gasteiger partial charge in [0.05, 0.1) is 11.6 Å². The van der Waals surface area contributed by atoms with Crippen molar-refractivity contribution in [1.29, 1.82) is 0 Å². The largest absolute Gasteiger partial charge is 0.396 e. The van der Waals surface area contributed by atoms with Crippen LogP contribution in [0, 0.1) is 5.92 Å². The molecule has 4 nitrogen and oxygen atoms in total. The van der Waals surface area contributed by atoms with Crippen molar-refractivity contribution in [3.05, 3.63) is 71.2 Å². The van der Waals surface area contributed by atoms with Gasteiger partial charge in [0.1, 0.15) is 0 Å². The van der Waals surface area contributed by atoms with Crippen LogP contribution in [0.2, 0.25) is 0 Å². The highest BCUT2D eigenvalue weighted by Gasteiger charge is 2.27. The number of carbonyl (C=O) groups excluding carboxylic acids is 1. The van der Waals surface area contributed by atoms with Crippen LogP contribution in [-0.4, -0.2) is 22.6 Å². The van der Waals surface area contributed by atoms with Gasteiger partial charge in [0, 0.05) is 18.4 Å². The maximum atomic E-state index is 13.2. The molecule has 1 aliphatic rings. The van der Waals surface area contributed by atoms with Gasteiger partial charge in [-0.2, -0.15) is 0 Å². The number of hydrogen-bond donors (Lipinski definition) is 2. The van der Waals surface area contributed by atoms with Gasteiger partial charge in [0.2, 0.25) is 5.91 Å².